The van der Waals surface area contributed by atoms with Gasteiger partial charge in [-0.3, -0.25) is 19.3 Å². The first-order chi connectivity index (χ1) is 16.4. The topological polar surface area (TPSA) is 75.7 Å². The fourth-order valence-electron chi connectivity index (χ4n) is 3.16. The summed E-state index contributed by atoms with van der Waals surface area (Å²) in [5, 5.41) is 3.43. The number of nitrogens with zero attached hydrogens (tertiary/aromatic N) is 1. The summed E-state index contributed by atoms with van der Waals surface area (Å²) in [5.41, 5.74) is 1.97. The number of halogens is 2. The van der Waals surface area contributed by atoms with Crippen LogP contribution in [0.15, 0.2) is 77.7 Å². The first kappa shape index (κ1) is 23.9. The van der Waals surface area contributed by atoms with Gasteiger partial charge in [0.1, 0.15) is 5.75 Å². The smallest absolute Gasteiger partial charge is 0.293 e. The highest BCUT2D eigenvalue weighted by Crippen LogP contribution is 2.34. The van der Waals surface area contributed by atoms with E-state index >= 15 is 0 Å². The molecule has 9 heteroatoms. The van der Waals surface area contributed by atoms with Gasteiger partial charge in [0, 0.05) is 15.7 Å². The second-order valence-electron chi connectivity index (χ2n) is 7.28. The van der Waals surface area contributed by atoms with Crippen LogP contribution in [0.25, 0.3) is 6.08 Å². The zero-order valence-corrected chi connectivity index (χ0v) is 20.0. The minimum Gasteiger partial charge on any atom is -0.484 e. The number of hydrogen-bond donors (Lipinski definition) is 1. The van der Waals surface area contributed by atoms with Crippen molar-refractivity contribution in [2.45, 2.75) is 6.54 Å². The summed E-state index contributed by atoms with van der Waals surface area (Å²) in [6.07, 6.45) is 1.62. The molecule has 4 rings (SSSR count). The van der Waals surface area contributed by atoms with E-state index in [4.69, 9.17) is 27.9 Å². The maximum atomic E-state index is 12.8. The molecule has 3 aromatic carbocycles. The molecule has 1 saturated heterocycles. The van der Waals surface area contributed by atoms with Crippen molar-refractivity contribution in [1.82, 2.24) is 4.90 Å². The molecule has 0 bridgehead atoms. The van der Waals surface area contributed by atoms with Crippen LogP contribution in [0, 0.1) is 0 Å². The van der Waals surface area contributed by atoms with E-state index in [2.05, 4.69) is 5.32 Å². The minimum absolute atomic E-state index is 0.105. The van der Waals surface area contributed by atoms with Crippen molar-refractivity contribution in [3.8, 4) is 5.75 Å². The zero-order valence-electron chi connectivity index (χ0n) is 17.7. The molecule has 1 aliphatic heterocycles. The lowest BCUT2D eigenvalue weighted by atomic mass is 10.2. The van der Waals surface area contributed by atoms with Crippen molar-refractivity contribution in [1.29, 1.82) is 0 Å². The lowest BCUT2D eigenvalue weighted by molar-refractivity contribution is -0.123. The number of amides is 3. The summed E-state index contributed by atoms with van der Waals surface area (Å²) < 4.78 is 5.58. The van der Waals surface area contributed by atoms with Gasteiger partial charge < -0.3 is 10.1 Å². The summed E-state index contributed by atoms with van der Waals surface area (Å²) in [5.74, 6) is -0.257. The van der Waals surface area contributed by atoms with Gasteiger partial charge in [0.15, 0.2) is 6.61 Å². The van der Waals surface area contributed by atoms with E-state index in [9.17, 15) is 14.4 Å². The molecule has 34 heavy (non-hydrogen) atoms. The molecule has 6 nitrogen and oxygen atoms in total. The molecule has 0 saturated carbocycles. The third-order valence-electron chi connectivity index (χ3n) is 4.81. The fourth-order valence-corrected chi connectivity index (χ4v) is 4.32. The van der Waals surface area contributed by atoms with Gasteiger partial charge in [-0.05, 0) is 71.4 Å². The molecule has 3 aromatic rings. The van der Waals surface area contributed by atoms with Crippen molar-refractivity contribution in [2.75, 3.05) is 11.9 Å². The van der Waals surface area contributed by atoms with Gasteiger partial charge in [0.2, 0.25) is 0 Å². The number of nitrogens with one attached hydrogen (secondary N) is 1. The number of carbonyl (C=O) groups excluding carboxylic acids is 3. The molecule has 0 aliphatic carbocycles. The monoisotopic (exact) mass is 512 g/mol. The molecule has 1 aliphatic rings. The number of hydrogen-bond acceptors (Lipinski definition) is 5. The highest BCUT2D eigenvalue weighted by atomic mass is 35.5. The molecule has 1 N–H and O–H groups in total. The quantitative estimate of drug-likeness (QED) is 0.378. The maximum Gasteiger partial charge on any atom is 0.293 e. The minimum atomic E-state index is -0.386. The Morgan fingerprint density at radius 2 is 1.76 bits per heavy atom. The normalized spacial score (nSPS) is 14.5. The maximum absolute atomic E-state index is 12.8. The SMILES string of the molecule is O=C(COc1cccc(/C=C2\SC(=O)N(Cc3ccccc3Cl)C2=O)c1)Nc1ccc(Cl)cc1. The summed E-state index contributed by atoms with van der Waals surface area (Å²) in [6, 6.07) is 20.7. The molecule has 0 atom stereocenters. The number of anilines is 1. The van der Waals surface area contributed by atoms with Crippen LogP contribution in [0.2, 0.25) is 10.0 Å². The molecular weight excluding hydrogens is 495 g/mol. The second-order valence-corrected chi connectivity index (χ2v) is 9.11. The van der Waals surface area contributed by atoms with E-state index < -0.39 is 0 Å². The molecule has 1 fully saturated rings. The number of carbonyl (C=O) groups is 3. The van der Waals surface area contributed by atoms with Gasteiger partial charge >= 0.3 is 0 Å². The first-order valence-corrected chi connectivity index (χ1v) is 11.7. The van der Waals surface area contributed by atoms with Gasteiger partial charge in [-0.25, -0.2) is 0 Å². The molecule has 0 unspecified atom stereocenters. The molecule has 0 radical (unpaired) electrons. The van der Waals surface area contributed by atoms with E-state index in [0.29, 0.717) is 37.5 Å². The molecular formula is C25H18Cl2N2O4S. The van der Waals surface area contributed by atoms with E-state index in [1.807, 2.05) is 0 Å². The highest BCUT2D eigenvalue weighted by Gasteiger charge is 2.35. The average molecular weight is 513 g/mol. The Morgan fingerprint density at radius 1 is 1.00 bits per heavy atom. The lowest BCUT2D eigenvalue weighted by Gasteiger charge is -2.13. The summed E-state index contributed by atoms with van der Waals surface area (Å²) in [7, 11) is 0. The van der Waals surface area contributed by atoms with Crippen LogP contribution in [0.1, 0.15) is 11.1 Å². The number of benzene rings is 3. The van der Waals surface area contributed by atoms with Gasteiger partial charge in [-0.15, -0.1) is 0 Å². The summed E-state index contributed by atoms with van der Waals surface area (Å²) in [4.78, 5) is 38.8. The Bertz CT molecular complexity index is 1280. The van der Waals surface area contributed by atoms with Crippen LogP contribution in [0.3, 0.4) is 0 Å². The Kier molecular flexibility index (Phi) is 7.57. The van der Waals surface area contributed by atoms with Crippen LogP contribution in [-0.2, 0) is 16.1 Å². The first-order valence-electron chi connectivity index (χ1n) is 10.2. The third kappa shape index (κ3) is 5.99. The van der Waals surface area contributed by atoms with E-state index in [0.717, 1.165) is 11.8 Å². The van der Waals surface area contributed by atoms with Crippen LogP contribution < -0.4 is 10.1 Å². The van der Waals surface area contributed by atoms with Crippen molar-refractivity contribution in [3.63, 3.8) is 0 Å². The predicted molar refractivity (Wildman–Crippen MR) is 135 cm³/mol. The van der Waals surface area contributed by atoms with E-state index in [-0.39, 0.29) is 30.2 Å². The number of rotatable bonds is 7. The van der Waals surface area contributed by atoms with Crippen molar-refractivity contribution in [3.05, 3.63) is 98.9 Å². The third-order valence-corrected chi connectivity index (χ3v) is 6.34. The molecule has 0 spiro atoms. The van der Waals surface area contributed by atoms with Crippen LogP contribution in [0.5, 0.6) is 5.75 Å². The van der Waals surface area contributed by atoms with Gasteiger partial charge in [0.25, 0.3) is 17.1 Å². The average Bonchev–Trinajstić information content (AvgIpc) is 3.08. The van der Waals surface area contributed by atoms with E-state index in [1.165, 1.54) is 4.90 Å². The van der Waals surface area contributed by atoms with Crippen LogP contribution >= 0.6 is 35.0 Å². The summed E-state index contributed by atoms with van der Waals surface area (Å²) >= 11 is 12.9. The largest absolute Gasteiger partial charge is 0.484 e. The number of thioether (sulfide) groups is 1. The molecule has 172 valence electrons. The number of imide groups is 1. The van der Waals surface area contributed by atoms with Crippen molar-refractivity contribution in [2.24, 2.45) is 0 Å². The zero-order chi connectivity index (χ0) is 24.1. The van der Waals surface area contributed by atoms with Crippen LogP contribution in [0.4, 0.5) is 10.5 Å². The Labute approximate surface area is 210 Å². The van der Waals surface area contributed by atoms with E-state index in [1.54, 1.807) is 78.9 Å². The predicted octanol–water partition coefficient (Wildman–Crippen LogP) is 6.25. The Balaban J connectivity index is 1.39. The molecule has 0 aromatic heterocycles. The van der Waals surface area contributed by atoms with Crippen LogP contribution in [-0.4, -0.2) is 28.6 Å². The highest BCUT2D eigenvalue weighted by molar-refractivity contribution is 8.18. The summed E-state index contributed by atoms with van der Waals surface area (Å²) in [6.45, 7) is -0.0893. The fraction of sp³-hybridized carbons (Fsp3) is 0.0800. The van der Waals surface area contributed by atoms with Gasteiger partial charge in [0.05, 0.1) is 11.4 Å². The standard InChI is InChI=1S/C25H18Cl2N2O4S/c26-18-8-10-19(11-9-18)28-23(30)15-33-20-6-3-4-16(12-20)13-22-24(31)29(25(32)34-22)14-17-5-1-2-7-21(17)27/h1-13H,14-15H2,(H,28,30)/b22-13-. The molecule has 1 heterocycles. The Hall–Kier alpha value is -3.26. The second kappa shape index (κ2) is 10.8. The number of ether oxygens (including phenoxy) is 1. The molecule has 3 amide bonds. The van der Waals surface area contributed by atoms with Crippen molar-refractivity contribution >= 4 is 63.8 Å². The Morgan fingerprint density at radius 3 is 2.53 bits per heavy atom. The van der Waals surface area contributed by atoms with Gasteiger partial charge in [-0.2, -0.15) is 0 Å². The lowest BCUT2D eigenvalue weighted by Crippen LogP contribution is -2.27. The van der Waals surface area contributed by atoms with Gasteiger partial charge in [-0.1, -0.05) is 53.5 Å². The van der Waals surface area contributed by atoms with Crippen molar-refractivity contribution < 1.29 is 19.1 Å².